The van der Waals surface area contributed by atoms with Crippen LogP contribution >= 0.6 is 24.4 Å². The van der Waals surface area contributed by atoms with Gasteiger partial charge in [-0.25, -0.2) is 4.79 Å². The van der Waals surface area contributed by atoms with E-state index >= 15 is 0 Å². The van der Waals surface area contributed by atoms with Gasteiger partial charge in [-0.15, -0.1) is 0 Å². The van der Waals surface area contributed by atoms with Crippen molar-refractivity contribution < 1.29 is 34.2 Å². The molecule has 0 aromatic carbocycles. The first-order chi connectivity index (χ1) is 15.9. The molecule has 194 valence electrons. The molecule has 16 heteroatoms. The molecule has 0 heterocycles. The summed E-state index contributed by atoms with van der Waals surface area (Å²) in [5.41, 5.74) is 16.2. The van der Waals surface area contributed by atoms with Gasteiger partial charge in [-0.3, -0.25) is 24.2 Å². The van der Waals surface area contributed by atoms with Crippen LogP contribution in [0.4, 0.5) is 0 Å². The number of rotatable bonds is 17. The zero-order chi connectivity index (χ0) is 26.3. The van der Waals surface area contributed by atoms with Crippen LogP contribution in [0.2, 0.25) is 0 Å². The van der Waals surface area contributed by atoms with Crippen molar-refractivity contribution in [1.82, 2.24) is 16.0 Å². The third-order valence-electron chi connectivity index (χ3n) is 4.36. The maximum Gasteiger partial charge on any atom is 0.326 e. The van der Waals surface area contributed by atoms with Gasteiger partial charge in [0.1, 0.15) is 18.1 Å². The number of nitrogens with two attached hydrogens (primary N) is 3. The van der Waals surface area contributed by atoms with E-state index in [1.807, 2.05) is 0 Å². The molecule has 0 bridgehead atoms. The Hall–Kier alpha value is -2.72. The molecule has 0 rings (SSSR count). The normalized spacial score (nSPS) is 14.1. The standard InChI is InChI=1S/C18H33N7O7S2/c1-34-6-4-10(17(31)32)23-16(30)12(8-33)25-15(29)11(7-13(26)27)24-14(28)9(19)3-2-5-22-18(20)21/h9-12,33H,2-8,19H2,1H3,(H,23,30)(H,24,28)(H,25,29)(H,26,27)(H,31,32)(H4,20,21,22). The monoisotopic (exact) mass is 523 g/mol. The first kappa shape index (κ1) is 31.3. The second-order valence-electron chi connectivity index (χ2n) is 7.14. The van der Waals surface area contributed by atoms with Crippen molar-refractivity contribution in [2.24, 2.45) is 22.2 Å². The summed E-state index contributed by atoms with van der Waals surface area (Å²) in [5.74, 6) is -5.01. The molecule has 0 radical (unpaired) electrons. The Morgan fingerprint density at radius 2 is 1.50 bits per heavy atom. The van der Waals surface area contributed by atoms with E-state index in [1.165, 1.54) is 11.8 Å². The first-order valence-corrected chi connectivity index (χ1v) is 12.2. The van der Waals surface area contributed by atoms with Crippen LogP contribution in [0.1, 0.15) is 25.7 Å². The van der Waals surface area contributed by atoms with Gasteiger partial charge in [-0.1, -0.05) is 0 Å². The highest BCUT2D eigenvalue weighted by Gasteiger charge is 2.30. The topological polar surface area (TPSA) is 252 Å². The maximum atomic E-state index is 12.6. The number of amides is 3. The Kier molecular flexibility index (Phi) is 15.5. The lowest BCUT2D eigenvalue weighted by molar-refractivity contribution is -0.143. The summed E-state index contributed by atoms with van der Waals surface area (Å²) in [6.07, 6.45) is 1.70. The quantitative estimate of drug-likeness (QED) is 0.0403. The molecule has 0 saturated carbocycles. The highest BCUT2D eigenvalue weighted by molar-refractivity contribution is 7.98. The molecule has 3 amide bonds. The number of thiol groups is 1. The number of carbonyl (C=O) groups is 5. The summed E-state index contributed by atoms with van der Waals surface area (Å²) in [6, 6.07) is -5.04. The minimum atomic E-state index is -1.53. The van der Waals surface area contributed by atoms with Gasteiger partial charge in [0, 0.05) is 12.3 Å². The fourth-order valence-corrected chi connectivity index (χ4v) is 3.27. The van der Waals surface area contributed by atoms with Crippen LogP contribution in [-0.2, 0) is 24.0 Å². The molecule has 0 aliphatic heterocycles. The minimum absolute atomic E-state index is 0.113. The molecule has 4 atom stereocenters. The van der Waals surface area contributed by atoms with Gasteiger partial charge in [0.25, 0.3) is 0 Å². The van der Waals surface area contributed by atoms with Crippen LogP contribution in [0, 0.1) is 0 Å². The van der Waals surface area contributed by atoms with Gasteiger partial charge in [-0.2, -0.15) is 24.4 Å². The Bertz CT molecular complexity index is 750. The number of hydrogen-bond donors (Lipinski definition) is 9. The van der Waals surface area contributed by atoms with Crippen molar-refractivity contribution in [2.45, 2.75) is 49.9 Å². The van der Waals surface area contributed by atoms with Crippen LogP contribution < -0.4 is 33.2 Å². The Balaban J connectivity index is 5.14. The third-order valence-corrected chi connectivity index (χ3v) is 5.37. The van der Waals surface area contributed by atoms with E-state index in [2.05, 4.69) is 33.6 Å². The number of carboxylic acids is 2. The zero-order valence-corrected chi connectivity index (χ0v) is 20.4. The fraction of sp³-hybridized carbons (Fsp3) is 0.667. The number of nitrogens with one attached hydrogen (secondary N) is 3. The van der Waals surface area contributed by atoms with Crippen molar-refractivity contribution >= 4 is 60.0 Å². The number of carbonyl (C=O) groups excluding carboxylic acids is 3. The minimum Gasteiger partial charge on any atom is -0.481 e. The van der Waals surface area contributed by atoms with E-state index in [1.54, 1.807) is 6.26 Å². The molecule has 0 aromatic rings. The van der Waals surface area contributed by atoms with Crippen molar-refractivity contribution in [2.75, 3.05) is 24.3 Å². The van der Waals surface area contributed by atoms with Gasteiger partial charge in [0.15, 0.2) is 5.96 Å². The molecule has 14 nitrogen and oxygen atoms in total. The van der Waals surface area contributed by atoms with Crippen molar-refractivity contribution in [3.63, 3.8) is 0 Å². The average molecular weight is 524 g/mol. The largest absolute Gasteiger partial charge is 0.481 e. The van der Waals surface area contributed by atoms with Crippen LogP contribution in [0.15, 0.2) is 4.99 Å². The number of hydrogen-bond acceptors (Lipinski definition) is 9. The third kappa shape index (κ3) is 13.1. The maximum absolute atomic E-state index is 12.6. The number of carboxylic acid groups (broad SMARTS) is 2. The number of aliphatic carboxylic acids is 2. The summed E-state index contributed by atoms with van der Waals surface area (Å²) >= 11 is 5.40. The van der Waals surface area contributed by atoms with E-state index in [0.717, 1.165) is 0 Å². The van der Waals surface area contributed by atoms with Crippen molar-refractivity contribution in [1.29, 1.82) is 0 Å². The molecule has 0 aliphatic rings. The highest BCUT2D eigenvalue weighted by atomic mass is 32.2. The SMILES string of the molecule is CSCCC(NC(=O)C(CS)NC(=O)C(CC(=O)O)NC(=O)C(N)CCCN=C(N)N)C(=O)O. The lowest BCUT2D eigenvalue weighted by Gasteiger charge is -2.23. The molecule has 0 fully saturated rings. The van der Waals surface area contributed by atoms with E-state index in [4.69, 9.17) is 22.3 Å². The van der Waals surface area contributed by atoms with E-state index in [9.17, 15) is 29.1 Å². The number of guanidine groups is 1. The molecule has 0 aromatic heterocycles. The Morgan fingerprint density at radius 3 is 2.00 bits per heavy atom. The van der Waals surface area contributed by atoms with Crippen LogP contribution in [-0.4, -0.2) is 94.3 Å². The summed E-state index contributed by atoms with van der Waals surface area (Å²) in [6.45, 7) is 0.232. The first-order valence-electron chi connectivity index (χ1n) is 10.2. The van der Waals surface area contributed by atoms with Gasteiger partial charge < -0.3 is 43.4 Å². The molecule has 0 spiro atoms. The Morgan fingerprint density at radius 1 is 0.941 bits per heavy atom. The molecule has 11 N–H and O–H groups in total. The molecule has 4 unspecified atom stereocenters. The molecule has 0 saturated heterocycles. The van der Waals surface area contributed by atoms with E-state index in [-0.39, 0.29) is 31.1 Å². The summed E-state index contributed by atoms with van der Waals surface area (Å²) < 4.78 is 0. The lowest BCUT2D eigenvalue weighted by Crippen LogP contribution is -2.58. The van der Waals surface area contributed by atoms with E-state index in [0.29, 0.717) is 12.2 Å². The van der Waals surface area contributed by atoms with Crippen LogP contribution in [0.25, 0.3) is 0 Å². The average Bonchev–Trinajstić information content (AvgIpc) is 2.75. The second-order valence-corrected chi connectivity index (χ2v) is 8.49. The second kappa shape index (κ2) is 16.8. The summed E-state index contributed by atoms with van der Waals surface area (Å²) in [4.78, 5) is 63.7. The highest BCUT2D eigenvalue weighted by Crippen LogP contribution is 2.04. The van der Waals surface area contributed by atoms with E-state index < -0.39 is 60.2 Å². The Labute approximate surface area is 206 Å². The van der Waals surface area contributed by atoms with Crippen LogP contribution in [0.5, 0.6) is 0 Å². The number of nitrogens with zero attached hydrogens (tertiary/aromatic N) is 1. The molecule has 0 aliphatic carbocycles. The number of aliphatic imine (C=N–C) groups is 1. The smallest absolute Gasteiger partial charge is 0.326 e. The number of thioether (sulfide) groups is 1. The zero-order valence-electron chi connectivity index (χ0n) is 18.7. The van der Waals surface area contributed by atoms with Gasteiger partial charge in [0.05, 0.1) is 12.5 Å². The fourth-order valence-electron chi connectivity index (χ4n) is 2.54. The van der Waals surface area contributed by atoms with Crippen molar-refractivity contribution in [3.05, 3.63) is 0 Å². The van der Waals surface area contributed by atoms with Gasteiger partial charge in [-0.05, 0) is 31.3 Å². The van der Waals surface area contributed by atoms with Crippen molar-refractivity contribution in [3.8, 4) is 0 Å². The predicted molar refractivity (Wildman–Crippen MR) is 130 cm³/mol. The predicted octanol–water partition coefficient (Wildman–Crippen LogP) is -2.94. The summed E-state index contributed by atoms with van der Waals surface area (Å²) in [5, 5.41) is 25.2. The van der Waals surface area contributed by atoms with Crippen LogP contribution in [0.3, 0.4) is 0 Å². The molecular formula is C18H33N7O7S2. The van der Waals surface area contributed by atoms with Gasteiger partial charge in [0.2, 0.25) is 17.7 Å². The van der Waals surface area contributed by atoms with Gasteiger partial charge >= 0.3 is 11.9 Å². The molecule has 34 heavy (non-hydrogen) atoms. The summed E-state index contributed by atoms with van der Waals surface area (Å²) in [7, 11) is 0. The lowest BCUT2D eigenvalue weighted by atomic mass is 10.1. The molecular weight excluding hydrogens is 490 g/mol.